The van der Waals surface area contributed by atoms with Gasteiger partial charge in [0.2, 0.25) is 5.91 Å². The molecule has 0 bridgehead atoms. The van der Waals surface area contributed by atoms with Crippen LogP contribution in [0, 0.1) is 0 Å². The number of aryl methyl sites for hydroxylation is 1. The van der Waals surface area contributed by atoms with Gasteiger partial charge in [0, 0.05) is 6.42 Å². The van der Waals surface area contributed by atoms with Crippen LogP contribution >= 0.6 is 23.2 Å². The Kier molecular flexibility index (Phi) is 4.30. The van der Waals surface area contributed by atoms with Crippen molar-refractivity contribution in [1.29, 1.82) is 0 Å². The first-order chi connectivity index (χ1) is 11.4. The monoisotopic (exact) mass is 362 g/mol. The first kappa shape index (κ1) is 16.5. The zero-order chi connectivity index (χ0) is 17.4. The van der Waals surface area contributed by atoms with Crippen LogP contribution in [0.1, 0.15) is 32.7 Å². The number of primary amides is 1. The molecule has 2 aromatic carbocycles. The molecule has 1 aliphatic heterocycles. The Morgan fingerprint density at radius 1 is 1.00 bits per heavy atom. The van der Waals surface area contributed by atoms with E-state index in [4.69, 9.17) is 28.9 Å². The summed E-state index contributed by atoms with van der Waals surface area (Å²) >= 11 is 12.6. The summed E-state index contributed by atoms with van der Waals surface area (Å²) in [5.41, 5.74) is 6.48. The van der Waals surface area contributed by atoms with Crippen LogP contribution in [0.25, 0.3) is 0 Å². The number of carbonyl (C=O) groups excluding carboxylic acids is 3. The normalized spacial score (nSPS) is 13.3. The topological polar surface area (TPSA) is 80.5 Å². The molecule has 5 nitrogen and oxygen atoms in total. The summed E-state index contributed by atoms with van der Waals surface area (Å²) in [6.07, 6.45) is 0.393. The summed E-state index contributed by atoms with van der Waals surface area (Å²) < 4.78 is 0. The molecule has 0 aromatic heterocycles. The smallest absolute Gasteiger partial charge is 0.266 e. The lowest BCUT2D eigenvalue weighted by atomic mass is 10.1. The van der Waals surface area contributed by atoms with Crippen LogP contribution in [0.4, 0.5) is 5.69 Å². The highest BCUT2D eigenvalue weighted by Gasteiger charge is 2.38. The van der Waals surface area contributed by atoms with Crippen molar-refractivity contribution in [1.82, 2.24) is 0 Å². The number of benzene rings is 2. The number of nitrogens with two attached hydrogens (primary N) is 1. The van der Waals surface area contributed by atoms with Gasteiger partial charge in [-0.2, -0.15) is 0 Å². The fourth-order valence-electron chi connectivity index (χ4n) is 2.63. The third-order valence-electron chi connectivity index (χ3n) is 3.81. The molecule has 0 saturated carbocycles. The number of hydrogen-bond donors (Lipinski definition) is 1. The molecule has 0 atom stereocenters. The summed E-state index contributed by atoms with van der Waals surface area (Å²) in [5.74, 6) is -1.43. The van der Waals surface area contributed by atoms with Gasteiger partial charge in [-0.15, -0.1) is 0 Å². The molecule has 0 unspecified atom stereocenters. The van der Waals surface area contributed by atoms with Crippen LogP contribution in [0.2, 0.25) is 10.0 Å². The zero-order valence-corrected chi connectivity index (χ0v) is 13.9. The second-order valence-corrected chi connectivity index (χ2v) is 6.11. The molecule has 0 fully saturated rings. The number of carbonyl (C=O) groups is 3. The molecular formula is C17H12Cl2N2O3. The fraction of sp³-hybridized carbons (Fsp3) is 0.118. The SMILES string of the molecule is NC(=O)CCc1ccc(Cl)c(N2C(=O)c3ccccc3C2=O)c1Cl. The quantitative estimate of drug-likeness (QED) is 0.847. The lowest BCUT2D eigenvalue weighted by Crippen LogP contribution is -2.30. The van der Waals surface area contributed by atoms with Crippen molar-refractivity contribution < 1.29 is 14.4 Å². The van der Waals surface area contributed by atoms with Crippen molar-refractivity contribution in [2.24, 2.45) is 5.73 Å². The van der Waals surface area contributed by atoms with Gasteiger partial charge in [0.15, 0.2) is 0 Å². The summed E-state index contributed by atoms with van der Waals surface area (Å²) in [6, 6.07) is 9.71. The van der Waals surface area contributed by atoms with Crippen LogP contribution in [0.15, 0.2) is 36.4 Å². The second-order valence-electron chi connectivity index (χ2n) is 5.33. The molecule has 0 spiro atoms. The molecule has 0 aliphatic carbocycles. The fourth-order valence-corrected chi connectivity index (χ4v) is 3.27. The second kappa shape index (κ2) is 6.26. The van der Waals surface area contributed by atoms with E-state index in [9.17, 15) is 14.4 Å². The van der Waals surface area contributed by atoms with Crippen molar-refractivity contribution in [2.75, 3.05) is 4.90 Å². The van der Waals surface area contributed by atoms with Crippen molar-refractivity contribution in [2.45, 2.75) is 12.8 Å². The van der Waals surface area contributed by atoms with Gasteiger partial charge < -0.3 is 5.73 Å². The Balaban J connectivity index is 2.07. The summed E-state index contributed by atoms with van der Waals surface area (Å²) in [7, 11) is 0. The maximum atomic E-state index is 12.6. The minimum absolute atomic E-state index is 0.100. The van der Waals surface area contributed by atoms with Gasteiger partial charge >= 0.3 is 0 Å². The summed E-state index contributed by atoms with van der Waals surface area (Å²) in [6.45, 7) is 0. The van der Waals surface area contributed by atoms with E-state index in [0.717, 1.165) is 4.90 Å². The Hall–Kier alpha value is -2.37. The number of halogens is 2. The molecule has 2 N–H and O–H groups in total. The average molecular weight is 363 g/mol. The number of fused-ring (bicyclic) bond motifs is 1. The first-order valence-corrected chi connectivity index (χ1v) is 7.90. The molecule has 0 saturated heterocycles. The number of anilines is 1. The van der Waals surface area contributed by atoms with Crippen molar-refractivity contribution in [3.63, 3.8) is 0 Å². The molecule has 7 heteroatoms. The van der Waals surface area contributed by atoms with E-state index < -0.39 is 17.7 Å². The lowest BCUT2D eigenvalue weighted by molar-refractivity contribution is -0.117. The van der Waals surface area contributed by atoms with Crippen LogP contribution in [-0.4, -0.2) is 17.7 Å². The minimum atomic E-state index is -0.480. The largest absolute Gasteiger partial charge is 0.370 e. The van der Waals surface area contributed by atoms with Gasteiger partial charge in [-0.25, -0.2) is 4.90 Å². The summed E-state index contributed by atoms with van der Waals surface area (Å²) in [4.78, 5) is 37.2. The van der Waals surface area contributed by atoms with E-state index >= 15 is 0 Å². The van der Waals surface area contributed by atoms with E-state index in [0.29, 0.717) is 23.1 Å². The number of hydrogen-bond acceptors (Lipinski definition) is 3. The third kappa shape index (κ3) is 2.66. The highest BCUT2D eigenvalue weighted by molar-refractivity contribution is 6.45. The standard InChI is InChI=1S/C17H12Cl2N2O3/c18-12-7-5-9(6-8-13(20)22)14(19)15(12)21-16(23)10-3-1-2-4-11(10)17(21)24/h1-5,7H,6,8H2,(H2,20,22). The van der Waals surface area contributed by atoms with E-state index in [-0.39, 0.29) is 22.2 Å². The van der Waals surface area contributed by atoms with Crippen molar-refractivity contribution in [3.8, 4) is 0 Å². The van der Waals surface area contributed by atoms with Gasteiger partial charge in [-0.05, 0) is 30.2 Å². The van der Waals surface area contributed by atoms with Crippen molar-refractivity contribution >= 4 is 46.6 Å². The molecule has 24 heavy (non-hydrogen) atoms. The predicted octanol–water partition coefficient (Wildman–Crippen LogP) is 3.21. The Morgan fingerprint density at radius 2 is 1.58 bits per heavy atom. The summed E-state index contributed by atoms with van der Waals surface area (Å²) in [5, 5.41) is 0.343. The maximum absolute atomic E-state index is 12.6. The molecular weight excluding hydrogens is 351 g/mol. The average Bonchev–Trinajstić information content (AvgIpc) is 2.80. The first-order valence-electron chi connectivity index (χ1n) is 7.14. The highest BCUT2D eigenvalue weighted by Crippen LogP contribution is 2.40. The Morgan fingerprint density at radius 3 is 2.12 bits per heavy atom. The number of rotatable bonds is 4. The van der Waals surface area contributed by atoms with Gasteiger partial charge in [-0.1, -0.05) is 41.4 Å². The molecule has 0 radical (unpaired) electrons. The lowest BCUT2D eigenvalue weighted by Gasteiger charge is -2.19. The minimum Gasteiger partial charge on any atom is -0.370 e. The molecule has 3 rings (SSSR count). The van der Waals surface area contributed by atoms with E-state index in [1.807, 2.05) is 0 Å². The number of amides is 3. The number of imide groups is 1. The van der Waals surface area contributed by atoms with Gasteiger partial charge in [-0.3, -0.25) is 14.4 Å². The van der Waals surface area contributed by atoms with Gasteiger partial charge in [0.05, 0.1) is 26.9 Å². The molecule has 122 valence electrons. The van der Waals surface area contributed by atoms with Gasteiger partial charge in [0.1, 0.15) is 0 Å². The molecule has 1 aliphatic rings. The van der Waals surface area contributed by atoms with Crippen molar-refractivity contribution in [3.05, 3.63) is 63.1 Å². The molecule has 1 heterocycles. The van der Waals surface area contributed by atoms with Crippen LogP contribution in [0.5, 0.6) is 0 Å². The zero-order valence-electron chi connectivity index (χ0n) is 12.4. The van der Waals surface area contributed by atoms with E-state index in [1.54, 1.807) is 36.4 Å². The van der Waals surface area contributed by atoms with Crippen LogP contribution < -0.4 is 10.6 Å². The van der Waals surface area contributed by atoms with Crippen LogP contribution in [0.3, 0.4) is 0 Å². The van der Waals surface area contributed by atoms with Crippen LogP contribution in [-0.2, 0) is 11.2 Å². The maximum Gasteiger partial charge on any atom is 0.266 e. The Bertz CT molecular complexity index is 845. The Labute approximate surface area is 147 Å². The van der Waals surface area contributed by atoms with E-state index in [1.165, 1.54) is 0 Å². The predicted molar refractivity (Wildman–Crippen MR) is 91.6 cm³/mol. The highest BCUT2D eigenvalue weighted by atomic mass is 35.5. The van der Waals surface area contributed by atoms with E-state index in [2.05, 4.69) is 0 Å². The molecule has 3 amide bonds. The number of nitrogens with zero attached hydrogens (tertiary/aromatic N) is 1. The third-order valence-corrected chi connectivity index (χ3v) is 4.53. The van der Waals surface area contributed by atoms with Gasteiger partial charge in [0.25, 0.3) is 11.8 Å². The molecule has 2 aromatic rings.